The Morgan fingerprint density at radius 2 is 1.75 bits per heavy atom. The molecule has 4 heteroatoms. The highest BCUT2D eigenvalue weighted by atomic mass is 16.4. The van der Waals surface area contributed by atoms with E-state index in [0.29, 0.717) is 12.5 Å². The Morgan fingerprint density at radius 1 is 1.25 bits per heavy atom. The normalized spacial score (nSPS) is 18.3. The molecular weight excluding hydrogens is 254 g/mol. The summed E-state index contributed by atoms with van der Waals surface area (Å²) in [5.41, 5.74) is -1.48. The lowest BCUT2D eigenvalue weighted by Crippen LogP contribution is -2.57. The van der Waals surface area contributed by atoms with Gasteiger partial charge >= 0.3 is 5.97 Å². The zero-order valence-electron chi connectivity index (χ0n) is 13.5. The zero-order chi connectivity index (χ0) is 15.6. The van der Waals surface area contributed by atoms with E-state index in [1.54, 1.807) is 18.7 Å². The zero-order valence-corrected chi connectivity index (χ0v) is 13.5. The van der Waals surface area contributed by atoms with Crippen molar-refractivity contribution >= 4 is 11.9 Å². The number of amides is 1. The van der Waals surface area contributed by atoms with Crippen molar-refractivity contribution < 1.29 is 14.7 Å². The van der Waals surface area contributed by atoms with Crippen LogP contribution >= 0.6 is 0 Å². The molecule has 0 unspecified atom stereocenters. The predicted octanol–water partition coefficient (Wildman–Crippen LogP) is 3.30. The number of likely N-dealkylation sites (N-methyl/N-ethyl adjacent to an activating group) is 1. The van der Waals surface area contributed by atoms with Gasteiger partial charge in [0.25, 0.3) is 0 Å². The molecule has 0 heterocycles. The van der Waals surface area contributed by atoms with Crippen molar-refractivity contribution in [1.82, 2.24) is 4.90 Å². The Balaban J connectivity index is 3.07. The number of hydrogen-bond acceptors (Lipinski definition) is 2. The lowest BCUT2D eigenvalue weighted by Gasteiger charge is -2.41. The summed E-state index contributed by atoms with van der Waals surface area (Å²) in [7, 11) is 0. The number of carbonyl (C=O) groups is 2. The summed E-state index contributed by atoms with van der Waals surface area (Å²) in [6, 6.07) is 0. The van der Waals surface area contributed by atoms with Gasteiger partial charge in [0, 0.05) is 12.0 Å². The minimum absolute atomic E-state index is 0.0404. The van der Waals surface area contributed by atoms with Crippen LogP contribution < -0.4 is 0 Å². The maximum Gasteiger partial charge on any atom is 0.329 e. The number of aliphatic carboxylic acids is 1. The Kier molecular flexibility index (Phi) is 5.22. The first kappa shape index (κ1) is 17.0. The number of nitrogens with zero attached hydrogens (tertiary/aromatic N) is 1. The topological polar surface area (TPSA) is 57.6 Å². The van der Waals surface area contributed by atoms with Gasteiger partial charge in [0.05, 0.1) is 0 Å². The summed E-state index contributed by atoms with van der Waals surface area (Å²) < 4.78 is 0. The second-order valence-electron chi connectivity index (χ2n) is 7.00. The fourth-order valence-corrected chi connectivity index (χ4v) is 3.53. The number of carboxylic acid groups (broad SMARTS) is 1. The van der Waals surface area contributed by atoms with Crippen LogP contribution in [0.2, 0.25) is 0 Å². The van der Waals surface area contributed by atoms with Gasteiger partial charge < -0.3 is 10.0 Å². The summed E-state index contributed by atoms with van der Waals surface area (Å²) in [4.78, 5) is 26.1. The van der Waals surface area contributed by atoms with E-state index in [2.05, 4.69) is 13.8 Å². The molecule has 4 nitrogen and oxygen atoms in total. The van der Waals surface area contributed by atoms with Crippen LogP contribution in [0.1, 0.15) is 66.7 Å². The van der Waals surface area contributed by atoms with Crippen LogP contribution in [0, 0.1) is 11.3 Å². The van der Waals surface area contributed by atoms with Gasteiger partial charge in [0.1, 0.15) is 5.54 Å². The summed E-state index contributed by atoms with van der Waals surface area (Å²) in [5.74, 6) is -0.451. The SMILES string of the molecule is CCN(C(=O)C1(CC(C)C)CCCC1)C(C)(C)C(=O)O. The molecule has 1 fully saturated rings. The molecule has 0 aromatic heterocycles. The molecule has 1 rings (SSSR count). The Morgan fingerprint density at radius 3 is 2.10 bits per heavy atom. The standard InChI is InChI=1S/C16H29NO3/c1-6-17(15(4,5)14(19)20)13(18)16(11-12(2)3)9-7-8-10-16/h12H,6-11H2,1-5H3,(H,19,20). The van der Waals surface area contributed by atoms with E-state index in [1.165, 1.54) is 0 Å². The van der Waals surface area contributed by atoms with E-state index in [-0.39, 0.29) is 11.3 Å². The maximum atomic E-state index is 13.0. The van der Waals surface area contributed by atoms with Gasteiger partial charge in [-0.2, -0.15) is 0 Å². The van der Waals surface area contributed by atoms with Crippen molar-refractivity contribution in [3.05, 3.63) is 0 Å². The summed E-state index contributed by atoms with van der Waals surface area (Å²) in [5, 5.41) is 9.41. The van der Waals surface area contributed by atoms with Gasteiger partial charge in [0.15, 0.2) is 0 Å². The fraction of sp³-hybridized carbons (Fsp3) is 0.875. The van der Waals surface area contributed by atoms with Crippen LogP contribution in [0.5, 0.6) is 0 Å². The average molecular weight is 283 g/mol. The first-order valence-corrected chi connectivity index (χ1v) is 7.73. The molecule has 1 aliphatic carbocycles. The second-order valence-corrected chi connectivity index (χ2v) is 7.00. The van der Waals surface area contributed by atoms with Crippen LogP contribution in [0.25, 0.3) is 0 Å². The molecule has 0 saturated heterocycles. The van der Waals surface area contributed by atoms with Crippen LogP contribution in [0.3, 0.4) is 0 Å². The van der Waals surface area contributed by atoms with Crippen molar-refractivity contribution in [3.8, 4) is 0 Å². The van der Waals surface area contributed by atoms with Gasteiger partial charge in [-0.25, -0.2) is 4.79 Å². The van der Waals surface area contributed by atoms with Crippen LogP contribution in [-0.2, 0) is 9.59 Å². The van der Waals surface area contributed by atoms with Crippen molar-refractivity contribution in [3.63, 3.8) is 0 Å². The van der Waals surface area contributed by atoms with Crippen molar-refractivity contribution in [2.24, 2.45) is 11.3 Å². The van der Waals surface area contributed by atoms with Gasteiger partial charge in [0.2, 0.25) is 5.91 Å². The molecule has 0 bridgehead atoms. The third-order valence-electron chi connectivity index (χ3n) is 4.57. The number of hydrogen-bond donors (Lipinski definition) is 1. The highest BCUT2D eigenvalue weighted by Crippen LogP contribution is 2.45. The third kappa shape index (κ3) is 3.15. The van der Waals surface area contributed by atoms with E-state index in [9.17, 15) is 14.7 Å². The monoisotopic (exact) mass is 283 g/mol. The molecule has 1 N–H and O–H groups in total. The molecule has 0 radical (unpaired) electrons. The van der Waals surface area contributed by atoms with Crippen molar-refractivity contribution in [2.45, 2.75) is 72.3 Å². The number of carboxylic acids is 1. The largest absolute Gasteiger partial charge is 0.480 e. The molecule has 116 valence electrons. The van der Waals surface area contributed by atoms with Gasteiger partial charge in [-0.1, -0.05) is 26.7 Å². The molecule has 0 atom stereocenters. The predicted molar refractivity (Wildman–Crippen MR) is 79.5 cm³/mol. The summed E-state index contributed by atoms with van der Waals surface area (Å²) in [6.07, 6.45) is 4.80. The average Bonchev–Trinajstić information content (AvgIpc) is 2.78. The molecule has 0 spiro atoms. The van der Waals surface area contributed by atoms with Gasteiger partial charge in [-0.05, 0) is 46.0 Å². The first-order valence-electron chi connectivity index (χ1n) is 7.73. The summed E-state index contributed by atoms with van der Waals surface area (Å²) in [6.45, 7) is 9.81. The molecule has 0 aromatic carbocycles. The fourth-order valence-electron chi connectivity index (χ4n) is 3.53. The van der Waals surface area contributed by atoms with E-state index >= 15 is 0 Å². The van der Waals surface area contributed by atoms with Crippen LogP contribution in [0.15, 0.2) is 0 Å². The quantitative estimate of drug-likeness (QED) is 0.813. The molecule has 1 amide bonds. The van der Waals surface area contributed by atoms with Crippen LogP contribution in [-0.4, -0.2) is 34.0 Å². The smallest absolute Gasteiger partial charge is 0.329 e. The highest BCUT2D eigenvalue weighted by molar-refractivity contribution is 5.89. The molecular formula is C16H29NO3. The minimum Gasteiger partial charge on any atom is -0.480 e. The number of carbonyl (C=O) groups excluding carboxylic acids is 1. The molecule has 1 aliphatic rings. The lowest BCUT2D eigenvalue weighted by atomic mass is 9.76. The van der Waals surface area contributed by atoms with E-state index in [4.69, 9.17) is 0 Å². The minimum atomic E-state index is -1.14. The lowest BCUT2D eigenvalue weighted by molar-refractivity contribution is -0.162. The number of rotatable bonds is 6. The van der Waals surface area contributed by atoms with E-state index in [1.807, 2.05) is 6.92 Å². The highest BCUT2D eigenvalue weighted by Gasteiger charge is 2.48. The van der Waals surface area contributed by atoms with Crippen molar-refractivity contribution in [1.29, 1.82) is 0 Å². The van der Waals surface area contributed by atoms with E-state index < -0.39 is 11.5 Å². The summed E-state index contributed by atoms with van der Waals surface area (Å²) >= 11 is 0. The Hall–Kier alpha value is -1.06. The Bertz CT molecular complexity index is 368. The molecule has 0 aliphatic heterocycles. The molecule has 0 aromatic rings. The molecule has 1 saturated carbocycles. The first-order chi connectivity index (χ1) is 9.17. The maximum absolute atomic E-state index is 13.0. The third-order valence-corrected chi connectivity index (χ3v) is 4.57. The van der Waals surface area contributed by atoms with E-state index in [0.717, 1.165) is 32.1 Å². The Labute approximate surface area is 122 Å². The van der Waals surface area contributed by atoms with Crippen molar-refractivity contribution in [2.75, 3.05) is 6.54 Å². The van der Waals surface area contributed by atoms with Gasteiger partial charge in [-0.15, -0.1) is 0 Å². The van der Waals surface area contributed by atoms with Gasteiger partial charge in [-0.3, -0.25) is 4.79 Å². The second kappa shape index (κ2) is 6.15. The van der Waals surface area contributed by atoms with Crippen LogP contribution in [0.4, 0.5) is 0 Å². The molecule has 20 heavy (non-hydrogen) atoms.